The van der Waals surface area contributed by atoms with Crippen molar-refractivity contribution in [1.29, 1.82) is 0 Å². The Kier molecular flexibility index (Phi) is 6.17. The number of ether oxygens (including phenoxy) is 1. The van der Waals surface area contributed by atoms with E-state index in [0.717, 1.165) is 0 Å². The molecule has 3 N–H and O–H groups in total. The number of nitrogens with one attached hydrogen (secondary N) is 1. The van der Waals surface area contributed by atoms with Gasteiger partial charge in [0.2, 0.25) is 0 Å². The van der Waals surface area contributed by atoms with Gasteiger partial charge in [-0.25, -0.2) is 9.18 Å². The molecule has 0 saturated heterocycles. The van der Waals surface area contributed by atoms with E-state index in [4.69, 9.17) is 16.3 Å². The Bertz CT molecular complexity index is 545. The number of halogens is 2. The molecule has 0 aliphatic carbocycles. The molecule has 5 nitrogen and oxygen atoms in total. The number of carbonyl (C=O) groups excluding carboxylic acids is 1. The van der Waals surface area contributed by atoms with Gasteiger partial charge >= 0.3 is 6.09 Å². The van der Waals surface area contributed by atoms with Crippen LogP contribution < -0.4 is 5.32 Å². The molecular formula is C15H21ClFNO4. The maximum absolute atomic E-state index is 13.8. The summed E-state index contributed by atoms with van der Waals surface area (Å²) in [5.74, 6) is -0.675. The number of hydrogen-bond donors (Lipinski definition) is 3. The van der Waals surface area contributed by atoms with E-state index in [-0.39, 0.29) is 17.1 Å². The Labute approximate surface area is 134 Å². The van der Waals surface area contributed by atoms with E-state index in [1.54, 1.807) is 27.7 Å². The maximum Gasteiger partial charge on any atom is 0.407 e. The second kappa shape index (κ2) is 7.26. The van der Waals surface area contributed by atoms with Crippen LogP contribution in [0.15, 0.2) is 12.1 Å². The van der Waals surface area contributed by atoms with Gasteiger partial charge in [0, 0.05) is 17.1 Å². The second-order valence-corrected chi connectivity index (χ2v) is 6.43. The third-order valence-corrected chi connectivity index (χ3v) is 3.22. The predicted octanol–water partition coefficient (Wildman–Crippen LogP) is 2.71. The number of rotatable bonds is 4. The van der Waals surface area contributed by atoms with Crippen LogP contribution in [-0.2, 0) is 4.74 Å². The molecule has 0 saturated carbocycles. The van der Waals surface area contributed by atoms with Gasteiger partial charge in [-0.15, -0.1) is 0 Å². The minimum Gasteiger partial charge on any atom is -0.444 e. The van der Waals surface area contributed by atoms with Gasteiger partial charge in [-0.3, -0.25) is 0 Å². The average Bonchev–Trinajstić information content (AvgIpc) is 2.37. The third kappa shape index (κ3) is 5.44. The molecule has 0 radical (unpaired) electrons. The lowest BCUT2D eigenvalue weighted by atomic mass is 10.0. The lowest BCUT2D eigenvalue weighted by Crippen LogP contribution is -2.39. The summed E-state index contributed by atoms with van der Waals surface area (Å²) in [7, 11) is 0. The van der Waals surface area contributed by atoms with Crippen molar-refractivity contribution in [2.24, 2.45) is 0 Å². The molecule has 0 aliphatic heterocycles. The van der Waals surface area contributed by atoms with Crippen LogP contribution in [0.5, 0.6) is 0 Å². The predicted molar refractivity (Wildman–Crippen MR) is 81.4 cm³/mol. The molecule has 1 aromatic carbocycles. The SMILES string of the molecule is Cc1cc(F)c(C(O)C(O)CNC(=O)OC(C)(C)C)cc1Cl. The van der Waals surface area contributed by atoms with E-state index in [1.807, 2.05) is 0 Å². The van der Waals surface area contributed by atoms with Crippen molar-refractivity contribution >= 4 is 17.7 Å². The largest absolute Gasteiger partial charge is 0.444 e. The maximum atomic E-state index is 13.8. The van der Waals surface area contributed by atoms with Gasteiger partial charge in [0.1, 0.15) is 23.6 Å². The molecule has 0 heterocycles. The van der Waals surface area contributed by atoms with Crippen LogP contribution in [0.2, 0.25) is 5.02 Å². The fourth-order valence-electron chi connectivity index (χ4n) is 1.71. The first-order valence-corrected chi connectivity index (χ1v) is 7.17. The Morgan fingerprint density at radius 3 is 2.55 bits per heavy atom. The summed E-state index contributed by atoms with van der Waals surface area (Å²) in [5, 5.41) is 22.5. The Balaban J connectivity index is 2.68. The molecule has 0 spiro atoms. The molecule has 1 rings (SSSR count). The molecule has 0 aliphatic rings. The highest BCUT2D eigenvalue weighted by Gasteiger charge is 2.24. The van der Waals surface area contributed by atoms with Gasteiger partial charge in [-0.05, 0) is 45.4 Å². The van der Waals surface area contributed by atoms with Crippen molar-refractivity contribution in [3.63, 3.8) is 0 Å². The fourth-order valence-corrected chi connectivity index (χ4v) is 1.88. The monoisotopic (exact) mass is 333 g/mol. The number of aliphatic hydroxyl groups excluding tert-OH is 2. The summed E-state index contributed by atoms with van der Waals surface area (Å²) in [6.07, 6.45) is -3.66. The Morgan fingerprint density at radius 1 is 1.41 bits per heavy atom. The van der Waals surface area contributed by atoms with Gasteiger partial charge < -0.3 is 20.3 Å². The molecule has 0 fully saturated rings. The minimum absolute atomic E-state index is 0.130. The van der Waals surface area contributed by atoms with Crippen LogP contribution in [0.4, 0.5) is 9.18 Å². The van der Waals surface area contributed by atoms with Crippen molar-refractivity contribution in [2.45, 2.75) is 45.5 Å². The van der Waals surface area contributed by atoms with E-state index in [1.165, 1.54) is 12.1 Å². The van der Waals surface area contributed by atoms with Gasteiger partial charge in [0.05, 0.1) is 0 Å². The molecule has 1 aromatic rings. The highest BCUT2D eigenvalue weighted by molar-refractivity contribution is 6.31. The Morgan fingerprint density at radius 2 is 2.00 bits per heavy atom. The number of benzene rings is 1. The zero-order chi connectivity index (χ0) is 17.1. The highest BCUT2D eigenvalue weighted by Crippen LogP contribution is 2.26. The first kappa shape index (κ1) is 18.7. The van der Waals surface area contributed by atoms with Crippen LogP contribution in [0.1, 0.15) is 38.0 Å². The molecule has 2 unspecified atom stereocenters. The molecule has 7 heteroatoms. The van der Waals surface area contributed by atoms with E-state index in [2.05, 4.69) is 5.32 Å². The quantitative estimate of drug-likeness (QED) is 0.791. The fraction of sp³-hybridized carbons (Fsp3) is 0.533. The number of amides is 1. The van der Waals surface area contributed by atoms with E-state index >= 15 is 0 Å². The van der Waals surface area contributed by atoms with Crippen molar-refractivity contribution in [1.82, 2.24) is 5.32 Å². The van der Waals surface area contributed by atoms with Crippen LogP contribution in [0.25, 0.3) is 0 Å². The van der Waals surface area contributed by atoms with Crippen LogP contribution in [0, 0.1) is 12.7 Å². The summed E-state index contributed by atoms with van der Waals surface area (Å²) in [4.78, 5) is 11.5. The summed E-state index contributed by atoms with van der Waals surface area (Å²) in [5.41, 5.74) is -0.282. The van der Waals surface area contributed by atoms with Crippen LogP contribution in [0.3, 0.4) is 0 Å². The zero-order valence-electron chi connectivity index (χ0n) is 13.0. The normalized spacial score (nSPS) is 14.4. The lowest BCUT2D eigenvalue weighted by Gasteiger charge is -2.22. The molecule has 0 aromatic heterocycles. The lowest BCUT2D eigenvalue weighted by molar-refractivity contribution is 0.0113. The smallest absolute Gasteiger partial charge is 0.407 e. The molecule has 1 amide bonds. The number of aryl methyl sites for hydroxylation is 1. The number of hydrogen-bond acceptors (Lipinski definition) is 4. The van der Waals surface area contributed by atoms with Crippen molar-refractivity contribution in [2.75, 3.05) is 6.54 Å². The standard InChI is InChI=1S/C15H21ClFNO4/c1-8-5-11(17)9(6-10(8)16)13(20)12(19)7-18-14(21)22-15(2,3)4/h5-6,12-13,19-20H,7H2,1-4H3,(H,18,21). The topological polar surface area (TPSA) is 78.8 Å². The summed E-state index contributed by atoms with van der Waals surface area (Å²) in [6.45, 7) is 6.42. The third-order valence-electron chi connectivity index (χ3n) is 2.82. The first-order chi connectivity index (χ1) is 10.0. The van der Waals surface area contributed by atoms with Crippen molar-refractivity contribution in [3.8, 4) is 0 Å². The van der Waals surface area contributed by atoms with Crippen molar-refractivity contribution in [3.05, 3.63) is 34.1 Å². The number of carbonyl (C=O) groups is 1. The van der Waals surface area contributed by atoms with Crippen LogP contribution >= 0.6 is 11.6 Å². The molecule has 22 heavy (non-hydrogen) atoms. The number of aliphatic hydroxyl groups is 2. The first-order valence-electron chi connectivity index (χ1n) is 6.80. The zero-order valence-corrected chi connectivity index (χ0v) is 13.7. The minimum atomic E-state index is -1.52. The average molecular weight is 334 g/mol. The van der Waals surface area contributed by atoms with Gasteiger partial charge in [0.25, 0.3) is 0 Å². The van der Waals surface area contributed by atoms with E-state index < -0.39 is 29.7 Å². The van der Waals surface area contributed by atoms with E-state index in [9.17, 15) is 19.4 Å². The van der Waals surface area contributed by atoms with E-state index in [0.29, 0.717) is 5.56 Å². The Hall–Kier alpha value is -1.37. The summed E-state index contributed by atoms with van der Waals surface area (Å²) >= 11 is 5.89. The molecule has 2 atom stereocenters. The molecule has 0 bridgehead atoms. The summed E-state index contributed by atoms with van der Waals surface area (Å²) in [6, 6.07) is 2.43. The highest BCUT2D eigenvalue weighted by atomic mass is 35.5. The van der Waals surface area contributed by atoms with Gasteiger partial charge in [-0.2, -0.15) is 0 Å². The van der Waals surface area contributed by atoms with Gasteiger partial charge in [0.15, 0.2) is 0 Å². The van der Waals surface area contributed by atoms with Crippen molar-refractivity contribution < 1.29 is 24.1 Å². The summed E-state index contributed by atoms with van der Waals surface area (Å²) < 4.78 is 18.8. The molecule has 124 valence electrons. The van der Waals surface area contributed by atoms with Crippen LogP contribution in [-0.4, -0.2) is 34.6 Å². The second-order valence-electron chi connectivity index (χ2n) is 6.02. The van der Waals surface area contributed by atoms with Gasteiger partial charge in [-0.1, -0.05) is 11.6 Å². The number of alkyl carbamates (subject to hydrolysis) is 1. The molecular weight excluding hydrogens is 313 g/mol.